The summed E-state index contributed by atoms with van der Waals surface area (Å²) in [5.74, 6) is 1.20. The normalized spacial score (nSPS) is 10.4. The second kappa shape index (κ2) is 6.98. The van der Waals surface area contributed by atoms with Gasteiger partial charge >= 0.3 is 0 Å². The molecule has 0 fully saturated rings. The van der Waals surface area contributed by atoms with E-state index in [1.807, 2.05) is 61.5 Å². The average molecular weight is 390 g/mol. The van der Waals surface area contributed by atoms with Crippen LogP contribution in [0.15, 0.2) is 59.1 Å². The zero-order valence-corrected chi connectivity index (χ0v) is 14.7. The lowest BCUT2D eigenvalue weighted by molar-refractivity contribution is 1.11. The summed E-state index contributed by atoms with van der Waals surface area (Å²) in [5, 5.41) is 7.05. The van der Waals surface area contributed by atoms with Crippen LogP contribution in [0.25, 0.3) is 0 Å². The minimum Gasteiger partial charge on any atom is -0.339 e. The van der Waals surface area contributed by atoms with Crippen LogP contribution in [0.1, 0.15) is 5.69 Å². The molecule has 0 radical (unpaired) electrons. The van der Waals surface area contributed by atoms with E-state index >= 15 is 0 Å². The largest absolute Gasteiger partial charge is 0.339 e. The molecule has 0 aliphatic carbocycles. The number of halogens is 2. The Labute approximate surface area is 148 Å². The van der Waals surface area contributed by atoms with Crippen molar-refractivity contribution in [1.82, 2.24) is 9.97 Å². The third-order valence-corrected chi connectivity index (χ3v) is 4.13. The summed E-state index contributed by atoms with van der Waals surface area (Å²) in [6.45, 7) is 1.92. The minimum absolute atomic E-state index is 0.493. The van der Waals surface area contributed by atoms with E-state index in [1.165, 1.54) is 0 Å². The first-order valence-electron chi connectivity index (χ1n) is 7.00. The van der Waals surface area contributed by atoms with Crippen molar-refractivity contribution in [2.45, 2.75) is 6.92 Å². The molecule has 4 nitrogen and oxygen atoms in total. The molecule has 2 aromatic carbocycles. The van der Waals surface area contributed by atoms with E-state index < -0.39 is 0 Å². The van der Waals surface area contributed by atoms with Gasteiger partial charge in [-0.15, -0.1) is 0 Å². The summed E-state index contributed by atoms with van der Waals surface area (Å²) in [4.78, 5) is 8.90. The Hall–Kier alpha value is -2.11. The molecule has 0 aliphatic heterocycles. The molecule has 3 rings (SSSR count). The van der Waals surface area contributed by atoms with Crippen molar-refractivity contribution in [3.05, 3.63) is 69.8 Å². The standard InChI is InChI=1S/C17H14BrClN4/c1-11-10-16(21-14-8-4-2-6-12(14)18)23-17(20-11)22-15-9-5-3-7-13(15)19/h2-10H,1H3,(H2,20,21,22,23). The van der Waals surface area contributed by atoms with E-state index in [0.717, 1.165) is 21.5 Å². The number of rotatable bonds is 4. The van der Waals surface area contributed by atoms with Gasteiger partial charge in [-0.05, 0) is 47.1 Å². The number of para-hydroxylation sites is 2. The molecule has 0 spiro atoms. The van der Waals surface area contributed by atoms with E-state index in [0.29, 0.717) is 16.8 Å². The second-order valence-electron chi connectivity index (χ2n) is 4.93. The Balaban J connectivity index is 1.88. The highest BCUT2D eigenvalue weighted by Crippen LogP contribution is 2.27. The molecule has 1 aromatic heterocycles. The van der Waals surface area contributed by atoms with Crippen molar-refractivity contribution in [1.29, 1.82) is 0 Å². The fraction of sp³-hybridized carbons (Fsp3) is 0.0588. The monoisotopic (exact) mass is 388 g/mol. The van der Waals surface area contributed by atoms with Gasteiger partial charge in [0, 0.05) is 16.2 Å². The number of aromatic nitrogens is 2. The summed E-state index contributed by atoms with van der Waals surface area (Å²) in [5.41, 5.74) is 2.56. The number of aryl methyl sites for hydroxylation is 1. The molecule has 3 aromatic rings. The van der Waals surface area contributed by atoms with Crippen LogP contribution in [0.4, 0.5) is 23.1 Å². The molecule has 0 unspecified atom stereocenters. The summed E-state index contributed by atoms with van der Waals surface area (Å²) in [6, 6.07) is 17.2. The fourth-order valence-electron chi connectivity index (χ4n) is 2.07. The summed E-state index contributed by atoms with van der Waals surface area (Å²) < 4.78 is 0.969. The van der Waals surface area contributed by atoms with Crippen molar-refractivity contribution >= 4 is 50.7 Å². The van der Waals surface area contributed by atoms with Crippen molar-refractivity contribution in [3.8, 4) is 0 Å². The van der Waals surface area contributed by atoms with Crippen LogP contribution in [0.3, 0.4) is 0 Å². The summed E-state index contributed by atoms with van der Waals surface area (Å²) >= 11 is 9.68. The first-order valence-corrected chi connectivity index (χ1v) is 8.18. The van der Waals surface area contributed by atoms with Crippen molar-refractivity contribution in [3.63, 3.8) is 0 Å². The Morgan fingerprint density at radius 2 is 1.61 bits per heavy atom. The molecule has 0 saturated heterocycles. The average Bonchev–Trinajstić information content (AvgIpc) is 2.51. The molecule has 23 heavy (non-hydrogen) atoms. The van der Waals surface area contributed by atoms with Crippen LogP contribution in [0, 0.1) is 6.92 Å². The smallest absolute Gasteiger partial charge is 0.229 e. The molecule has 0 atom stereocenters. The maximum Gasteiger partial charge on any atom is 0.229 e. The van der Waals surface area contributed by atoms with Gasteiger partial charge < -0.3 is 10.6 Å². The van der Waals surface area contributed by atoms with E-state index in [1.54, 1.807) is 0 Å². The number of anilines is 4. The predicted octanol–water partition coefficient (Wildman–Crippen LogP) is 5.69. The van der Waals surface area contributed by atoms with E-state index in [2.05, 4.69) is 36.5 Å². The van der Waals surface area contributed by atoms with Gasteiger partial charge in [0.1, 0.15) is 5.82 Å². The van der Waals surface area contributed by atoms with Crippen molar-refractivity contribution < 1.29 is 0 Å². The molecule has 6 heteroatoms. The first kappa shape index (κ1) is 15.8. The number of nitrogens with zero attached hydrogens (tertiary/aromatic N) is 2. The Morgan fingerprint density at radius 3 is 2.35 bits per heavy atom. The minimum atomic E-state index is 0.493. The maximum atomic E-state index is 6.16. The van der Waals surface area contributed by atoms with Crippen LogP contribution in [-0.2, 0) is 0 Å². The van der Waals surface area contributed by atoms with Crippen molar-refractivity contribution in [2.24, 2.45) is 0 Å². The number of hydrogen-bond acceptors (Lipinski definition) is 4. The molecule has 0 saturated carbocycles. The highest BCUT2D eigenvalue weighted by atomic mass is 79.9. The van der Waals surface area contributed by atoms with Crippen LogP contribution in [-0.4, -0.2) is 9.97 Å². The molecular formula is C17H14BrClN4. The zero-order chi connectivity index (χ0) is 16.2. The quantitative estimate of drug-likeness (QED) is 0.602. The van der Waals surface area contributed by atoms with Gasteiger partial charge in [0.05, 0.1) is 16.4 Å². The lowest BCUT2D eigenvalue weighted by atomic mass is 10.3. The Bertz CT molecular complexity index is 773. The Morgan fingerprint density at radius 1 is 0.913 bits per heavy atom. The molecule has 0 bridgehead atoms. The molecule has 116 valence electrons. The second-order valence-corrected chi connectivity index (χ2v) is 6.19. The number of nitrogens with one attached hydrogen (secondary N) is 2. The van der Waals surface area contributed by atoms with Crippen LogP contribution in [0.5, 0.6) is 0 Å². The Kier molecular flexibility index (Phi) is 4.79. The lowest BCUT2D eigenvalue weighted by Gasteiger charge is -2.11. The van der Waals surface area contributed by atoms with Gasteiger partial charge in [0.15, 0.2) is 0 Å². The van der Waals surface area contributed by atoms with Gasteiger partial charge in [-0.25, -0.2) is 4.98 Å². The molecule has 1 heterocycles. The van der Waals surface area contributed by atoms with Crippen LogP contribution >= 0.6 is 27.5 Å². The lowest BCUT2D eigenvalue weighted by Crippen LogP contribution is -2.02. The van der Waals surface area contributed by atoms with E-state index in [9.17, 15) is 0 Å². The highest BCUT2D eigenvalue weighted by Gasteiger charge is 2.06. The highest BCUT2D eigenvalue weighted by molar-refractivity contribution is 9.10. The van der Waals surface area contributed by atoms with Gasteiger partial charge in [0.2, 0.25) is 5.95 Å². The topological polar surface area (TPSA) is 49.8 Å². The summed E-state index contributed by atoms with van der Waals surface area (Å²) in [7, 11) is 0. The van der Waals surface area contributed by atoms with E-state index in [4.69, 9.17) is 11.6 Å². The van der Waals surface area contributed by atoms with Crippen LogP contribution < -0.4 is 10.6 Å². The third-order valence-electron chi connectivity index (χ3n) is 3.11. The van der Waals surface area contributed by atoms with E-state index in [-0.39, 0.29) is 0 Å². The number of hydrogen-bond donors (Lipinski definition) is 2. The van der Waals surface area contributed by atoms with Crippen LogP contribution in [0.2, 0.25) is 5.02 Å². The van der Waals surface area contributed by atoms with Gasteiger partial charge in [-0.2, -0.15) is 4.98 Å². The molecule has 2 N–H and O–H groups in total. The SMILES string of the molecule is Cc1cc(Nc2ccccc2Br)nc(Nc2ccccc2Cl)n1. The third kappa shape index (κ3) is 4.00. The number of benzene rings is 2. The molecular weight excluding hydrogens is 376 g/mol. The van der Waals surface area contributed by atoms with Gasteiger partial charge in [-0.3, -0.25) is 0 Å². The van der Waals surface area contributed by atoms with Crippen molar-refractivity contribution in [2.75, 3.05) is 10.6 Å². The molecule has 0 aliphatic rings. The summed E-state index contributed by atoms with van der Waals surface area (Å²) in [6.07, 6.45) is 0. The van der Waals surface area contributed by atoms with Gasteiger partial charge in [-0.1, -0.05) is 35.9 Å². The predicted molar refractivity (Wildman–Crippen MR) is 98.9 cm³/mol. The molecule has 0 amide bonds. The van der Waals surface area contributed by atoms with Gasteiger partial charge in [0.25, 0.3) is 0 Å². The maximum absolute atomic E-state index is 6.16. The zero-order valence-electron chi connectivity index (χ0n) is 12.3. The fourth-order valence-corrected chi connectivity index (χ4v) is 2.64. The first-order chi connectivity index (χ1) is 11.1.